The molecule has 0 fully saturated rings. The van der Waals surface area contributed by atoms with Gasteiger partial charge in [-0.2, -0.15) is 39.5 Å². The van der Waals surface area contributed by atoms with Gasteiger partial charge in [-0.05, 0) is 24.8 Å². The first kappa shape index (κ1) is 21.7. The molecule has 0 aromatic rings. The highest BCUT2D eigenvalue weighted by Gasteiger charge is 2.81. The van der Waals surface area contributed by atoms with Crippen molar-refractivity contribution in [3.05, 3.63) is 12.2 Å². The minimum Gasteiger partial charge on any atom is -0.191 e. The number of unbranched alkanes of at least 4 members (excludes halogenated alkanes) is 4. The number of hydrogen-bond acceptors (Lipinski definition) is 0. The molecule has 0 aliphatic rings. The summed E-state index contributed by atoms with van der Waals surface area (Å²) in [6.07, 6.45) is -1.02. The third kappa shape index (κ3) is 5.36. The van der Waals surface area contributed by atoms with Crippen LogP contribution in [0.2, 0.25) is 0 Å². The Kier molecular flexibility index (Phi) is 7.51. The summed E-state index contributed by atoms with van der Waals surface area (Å²) < 4.78 is 112. The van der Waals surface area contributed by atoms with Crippen molar-refractivity contribution in [1.29, 1.82) is 0 Å². The Hall–Kier alpha value is -1.33. The Morgan fingerprint density at radius 2 is 1.35 bits per heavy atom. The fourth-order valence-electron chi connectivity index (χ4n) is 1.42. The van der Waals surface area contributed by atoms with Crippen LogP contribution in [-0.4, -0.2) is 23.9 Å². The lowest BCUT2D eigenvalue weighted by Gasteiger charge is -2.30. The predicted octanol–water partition coefficient (Wildman–Crippen LogP) is 5.98. The molecule has 0 spiro atoms. The molecule has 0 N–H and O–H groups in total. The zero-order valence-electron chi connectivity index (χ0n) is 12.1. The van der Waals surface area contributed by atoms with Crippen LogP contribution in [0.15, 0.2) is 12.2 Å². The van der Waals surface area contributed by atoms with E-state index in [4.69, 9.17) is 0 Å². The lowest BCUT2D eigenvalue weighted by atomic mass is 10.0. The lowest BCUT2D eigenvalue weighted by Crippen LogP contribution is -2.60. The van der Waals surface area contributed by atoms with Crippen LogP contribution < -0.4 is 0 Å². The highest BCUT2D eigenvalue weighted by molar-refractivity contribution is 5.24. The highest BCUT2D eigenvalue weighted by atomic mass is 19.4. The average Bonchev–Trinajstić information content (AvgIpc) is 2.40. The molecule has 0 rings (SSSR count). The van der Waals surface area contributed by atoms with E-state index in [2.05, 4.69) is 0 Å². The van der Waals surface area contributed by atoms with Gasteiger partial charge in [0.1, 0.15) is 0 Å². The molecule has 0 atom stereocenters. The highest BCUT2D eigenvalue weighted by Crippen LogP contribution is 2.52. The van der Waals surface area contributed by atoms with Gasteiger partial charge in [-0.1, -0.05) is 38.2 Å². The van der Waals surface area contributed by atoms with Crippen molar-refractivity contribution in [1.82, 2.24) is 0 Å². The van der Waals surface area contributed by atoms with Gasteiger partial charge in [-0.3, -0.25) is 0 Å². The van der Waals surface area contributed by atoms with E-state index < -0.39 is 23.9 Å². The molecule has 0 heterocycles. The monoisotopic (exact) mass is 354 g/mol. The van der Waals surface area contributed by atoms with Gasteiger partial charge in [-0.15, -0.1) is 0 Å². The normalized spacial score (nSPS) is 14.0. The van der Waals surface area contributed by atoms with Crippen molar-refractivity contribution in [2.24, 2.45) is 0 Å². The van der Waals surface area contributed by atoms with Gasteiger partial charge >= 0.3 is 23.9 Å². The summed E-state index contributed by atoms with van der Waals surface area (Å²) in [4.78, 5) is 0. The Labute approximate surface area is 127 Å². The van der Waals surface area contributed by atoms with E-state index in [9.17, 15) is 39.5 Å². The first-order chi connectivity index (χ1) is 10.3. The van der Waals surface area contributed by atoms with Crippen LogP contribution >= 0.6 is 0 Å². The standard InChI is InChI=1S/C14H15F9/c1-2-3-4-5-6-7-8-9-10-11(15,16)12(17,18)13(19,20)14(21,22)23/h7-8H,2-6H2,1H3/b8-7+. The van der Waals surface area contributed by atoms with Gasteiger partial charge in [0.05, 0.1) is 0 Å². The van der Waals surface area contributed by atoms with E-state index in [1.807, 2.05) is 6.92 Å². The minimum atomic E-state index is -6.90. The van der Waals surface area contributed by atoms with Crippen LogP contribution in [0.5, 0.6) is 0 Å². The zero-order valence-corrected chi connectivity index (χ0v) is 12.1. The van der Waals surface area contributed by atoms with E-state index in [1.54, 1.807) is 0 Å². The summed E-state index contributed by atoms with van der Waals surface area (Å²) >= 11 is 0. The second-order valence-electron chi connectivity index (χ2n) is 4.74. The number of allylic oxidation sites excluding steroid dienone is 2. The quantitative estimate of drug-likeness (QED) is 0.299. The van der Waals surface area contributed by atoms with Crippen LogP contribution in [0.25, 0.3) is 0 Å². The zero-order chi connectivity index (χ0) is 18.4. The number of hydrogen-bond donors (Lipinski definition) is 0. The van der Waals surface area contributed by atoms with E-state index in [-0.39, 0.29) is 0 Å². The van der Waals surface area contributed by atoms with Gasteiger partial charge in [-0.25, -0.2) is 0 Å². The summed E-state index contributed by atoms with van der Waals surface area (Å²) in [5.74, 6) is -17.6. The van der Waals surface area contributed by atoms with Crippen molar-refractivity contribution >= 4 is 0 Å². The van der Waals surface area contributed by atoms with Crippen LogP contribution in [0, 0.1) is 11.8 Å². The maximum absolute atomic E-state index is 13.0. The molecular formula is C14H15F9. The maximum Gasteiger partial charge on any atom is 0.460 e. The Morgan fingerprint density at radius 3 is 1.83 bits per heavy atom. The second-order valence-corrected chi connectivity index (χ2v) is 4.74. The van der Waals surface area contributed by atoms with Crippen LogP contribution in [-0.2, 0) is 0 Å². The molecule has 0 aromatic heterocycles. The summed E-state index contributed by atoms with van der Waals surface area (Å²) in [7, 11) is 0. The van der Waals surface area contributed by atoms with Crippen molar-refractivity contribution in [3.8, 4) is 11.8 Å². The smallest absolute Gasteiger partial charge is 0.191 e. The van der Waals surface area contributed by atoms with E-state index in [0.717, 1.165) is 25.3 Å². The first-order valence-corrected chi connectivity index (χ1v) is 6.69. The van der Waals surface area contributed by atoms with Gasteiger partial charge in [0.2, 0.25) is 0 Å². The lowest BCUT2D eigenvalue weighted by molar-refractivity contribution is -0.386. The molecule has 0 radical (unpaired) electrons. The summed E-state index contributed by atoms with van der Waals surface area (Å²) in [5.41, 5.74) is 0. The van der Waals surface area contributed by atoms with Crippen molar-refractivity contribution < 1.29 is 39.5 Å². The molecule has 0 nitrogen and oxygen atoms in total. The predicted molar refractivity (Wildman–Crippen MR) is 66.6 cm³/mol. The van der Waals surface area contributed by atoms with E-state index >= 15 is 0 Å². The fraction of sp³-hybridized carbons (Fsp3) is 0.714. The molecule has 134 valence electrons. The summed E-state index contributed by atoms with van der Waals surface area (Å²) in [6.45, 7) is 1.96. The van der Waals surface area contributed by atoms with E-state index in [1.165, 1.54) is 12.0 Å². The van der Waals surface area contributed by atoms with Gasteiger partial charge in [0.15, 0.2) is 0 Å². The molecule has 0 saturated heterocycles. The van der Waals surface area contributed by atoms with Gasteiger partial charge < -0.3 is 0 Å². The van der Waals surface area contributed by atoms with Crippen molar-refractivity contribution in [2.75, 3.05) is 0 Å². The Bertz CT molecular complexity index is 449. The fourth-order valence-corrected chi connectivity index (χ4v) is 1.42. The molecule has 0 aliphatic heterocycles. The van der Waals surface area contributed by atoms with Crippen molar-refractivity contribution in [2.45, 2.75) is 63.0 Å². The number of alkyl halides is 9. The summed E-state index contributed by atoms with van der Waals surface area (Å²) in [5, 5.41) is 0. The third-order valence-corrected chi connectivity index (χ3v) is 2.80. The van der Waals surface area contributed by atoms with E-state index in [0.29, 0.717) is 18.8 Å². The molecular weight excluding hydrogens is 339 g/mol. The first-order valence-electron chi connectivity index (χ1n) is 6.69. The Balaban J connectivity index is 4.94. The molecule has 0 amide bonds. The molecule has 0 saturated carbocycles. The SMILES string of the molecule is CCCCCC/C=C/C#CC(F)(F)C(F)(F)C(F)(F)C(F)(F)F. The Morgan fingerprint density at radius 1 is 0.783 bits per heavy atom. The molecule has 9 heteroatoms. The second kappa shape index (κ2) is 7.97. The molecule has 0 aliphatic carbocycles. The third-order valence-electron chi connectivity index (χ3n) is 2.80. The van der Waals surface area contributed by atoms with Crippen LogP contribution in [0.3, 0.4) is 0 Å². The number of rotatable bonds is 7. The van der Waals surface area contributed by atoms with Crippen LogP contribution in [0.4, 0.5) is 39.5 Å². The molecule has 0 bridgehead atoms. The molecule has 0 aromatic carbocycles. The average molecular weight is 354 g/mol. The molecule has 23 heavy (non-hydrogen) atoms. The topological polar surface area (TPSA) is 0 Å². The van der Waals surface area contributed by atoms with Gasteiger partial charge in [0, 0.05) is 0 Å². The minimum absolute atomic E-state index is 0.398. The number of halogens is 9. The van der Waals surface area contributed by atoms with Crippen LogP contribution in [0.1, 0.15) is 39.0 Å². The van der Waals surface area contributed by atoms with Gasteiger partial charge in [0.25, 0.3) is 0 Å². The summed E-state index contributed by atoms with van der Waals surface area (Å²) in [6, 6.07) is 0. The largest absolute Gasteiger partial charge is 0.460 e. The van der Waals surface area contributed by atoms with Crippen molar-refractivity contribution in [3.63, 3.8) is 0 Å². The molecule has 0 unspecified atom stereocenters. The maximum atomic E-state index is 13.0.